The van der Waals surface area contributed by atoms with Gasteiger partial charge in [0.05, 0.1) is 14.2 Å². The zero-order valence-electron chi connectivity index (χ0n) is 17.3. The van der Waals surface area contributed by atoms with Gasteiger partial charge >= 0.3 is 0 Å². The monoisotopic (exact) mass is 434 g/mol. The Kier molecular flexibility index (Phi) is 5.76. The molecule has 4 rings (SSSR count). The molecule has 4 aromatic rings. The number of rotatable bonds is 6. The molecular formula is C24H19FN2O5. The van der Waals surface area contributed by atoms with Gasteiger partial charge in [-0.2, -0.15) is 0 Å². The number of carbonyl (C=O) groups excluding carboxylic acids is 2. The topological polar surface area (TPSA) is 89.8 Å². The minimum Gasteiger partial charge on any atom is -0.497 e. The molecule has 0 saturated heterocycles. The second-order valence-electron chi connectivity index (χ2n) is 6.82. The van der Waals surface area contributed by atoms with Gasteiger partial charge in [-0.25, -0.2) is 4.39 Å². The summed E-state index contributed by atoms with van der Waals surface area (Å²) in [6.07, 6.45) is 0. The van der Waals surface area contributed by atoms with Crippen LogP contribution in [0.3, 0.4) is 0 Å². The Morgan fingerprint density at radius 1 is 0.844 bits per heavy atom. The minimum absolute atomic E-state index is 0.112. The van der Waals surface area contributed by atoms with Crippen molar-refractivity contribution in [1.29, 1.82) is 0 Å². The molecule has 1 aromatic heterocycles. The van der Waals surface area contributed by atoms with Crippen LogP contribution in [0, 0.1) is 5.82 Å². The van der Waals surface area contributed by atoms with Crippen molar-refractivity contribution in [3.63, 3.8) is 0 Å². The summed E-state index contributed by atoms with van der Waals surface area (Å²) in [5, 5.41) is 5.88. The van der Waals surface area contributed by atoms with Gasteiger partial charge in [0.2, 0.25) is 5.76 Å². The molecule has 1 heterocycles. The third-order valence-electron chi connectivity index (χ3n) is 4.74. The predicted molar refractivity (Wildman–Crippen MR) is 118 cm³/mol. The van der Waals surface area contributed by atoms with Gasteiger partial charge in [0.1, 0.15) is 28.6 Å². The summed E-state index contributed by atoms with van der Waals surface area (Å²) in [5.74, 6) is -0.850. The number of hydrogen-bond donors (Lipinski definition) is 2. The molecule has 162 valence electrons. The molecule has 0 aliphatic heterocycles. The standard InChI is InChI=1S/C24H19FN2O5/c1-30-17-10-14(11-18(13-17)31-2)23(28)27-21-19-8-3-4-9-20(19)32-22(21)24(29)26-16-7-5-6-15(25)12-16/h3-13H,1-2H3,(H,26,29)(H,27,28). The highest BCUT2D eigenvalue weighted by atomic mass is 19.1. The lowest BCUT2D eigenvalue weighted by Gasteiger charge is -2.10. The molecule has 2 N–H and O–H groups in total. The molecule has 0 atom stereocenters. The molecule has 0 aliphatic rings. The molecule has 0 spiro atoms. The summed E-state index contributed by atoms with van der Waals surface area (Å²) in [4.78, 5) is 25.9. The largest absolute Gasteiger partial charge is 0.497 e. The van der Waals surface area contributed by atoms with E-state index in [-0.39, 0.29) is 22.7 Å². The van der Waals surface area contributed by atoms with Crippen molar-refractivity contribution in [3.05, 3.63) is 83.9 Å². The Bertz CT molecular complexity index is 1290. The van der Waals surface area contributed by atoms with E-state index in [1.165, 1.54) is 32.4 Å². The Hall–Kier alpha value is -4.33. The summed E-state index contributed by atoms with van der Waals surface area (Å²) < 4.78 is 29.7. The number of ether oxygens (including phenoxy) is 2. The van der Waals surface area contributed by atoms with Crippen molar-refractivity contribution in [1.82, 2.24) is 0 Å². The maximum atomic E-state index is 13.5. The number of nitrogens with one attached hydrogen (secondary N) is 2. The zero-order valence-corrected chi connectivity index (χ0v) is 17.3. The van der Waals surface area contributed by atoms with Crippen LogP contribution < -0.4 is 20.1 Å². The van der Waals surface area contributed by atoms with Crippen LogP contribution in [0.2, 0.25) is 0 Å². The van der Waals surface area contributed by atoms with Crippen molar-refractivity contribution in [3.8, 4) is 11.5 Å². The number of methoxy groups -OCH3 is 2. The maximum Gasteiger partial charge on any atom is 0.293 e. The number of furan rings is 1. The van der Waals surface area contributed by atoms with E-state index in [1.54, 1.807) is 48.5 Å². The lowest BCUT2D eigenvalue weighted by atomic mass is 10.1. The highest BCUT2D eigenvalue weighted by Crippen LogP contribution is 2.32. The van der Waals surface area contributed by atoms with E-state index in [1.807, 2.05) is 0 Å². The van der Waals surface area contributed by atoms with Crippen LogP contribution in [0.1, 0.15) is 20.9 Å². The van der Waals surface area contributed by atoms with Gasteiger partial charge in [-0.05, 0) is 42.5 Å². The summed E-state index contributed by atoms with van der Waals surface area (Å²) in [6.45, 7) is 0. The number of amides is 2. The number of para-hydroxylation sites is 1. The molecule has 8 heteroatoms. The van der Waals surface area contributed by atoms with Gasteiger partial charge in [0, 0.05) is 22.7 Å². The highest BCUT2D eigenvalue weighted by molar-refractivity contribution is 6.17. The summed E-state index contributed by atoms with van der Waals surface area (Å²) >= 11 is 0. The molecule has 0 saturated carbocycles. The molecule has 32 heavy (non-hydrogen) atoms. The number of fused-ring (bicyclic) bond motifs is 1. The molecular weight excluding hydrogens is 415 g/mol. The molecule has 0 bridgehead atoms. The second-order valence-corrected chi connectivity index (χ2v) is 6.82. The number of anilines is 2. The second kappa shape index (κ2) is 8.81. The van der Waals surface area contributed by atoms with Crippen molar-refractivity contribution in [2.24, 2.45) is 0 Å². The van der Waals surface area contributed by atoms with Crippen LogP contribution in [-0.2, 0) is 0 Å². The smallest absolute Gasteiger partial charge is 0.293 e. The van der Waals surface area contributed by atoms with Crippen molar-refractivity contribution in [2.45, 2.75) is 0 Å². The lowest BCUT2D eigenvalue weighted by Crippen LogP contribution is -2.17. The fourth-order valence-electron chi connectivity index (χ4n) is 3.21. The molecule has 0 radical (unpaired) electrons. The van der Waals surface area contributed by atoms with E-state index < -0.39 is 17.6 Å². The van der Waals surface area contributed by atoms with Crippen LogP contribution in [0.5, 0.6) is 11.5 Å². The molecule has 0 fully saturated rings. The van der Waals surface area contributed by atoms with E-state index in [9.17, 15) is 14.0 Å². The van der Waals surface area contributed by atoms with Gasteiger partial charge in [-0.3, -0.25) is 9.59 Å². The van der Waals surface area contributed by atoms with Gasteiger partial charge in [0.15, 0.2) is 0 Å². The number of hydrogen-bond acceptors (Lipinski definition) is 5. The average molecular weight is 434 g/mol. The number of halogens is 1. The van der Waals surface area contributed by atoms with Crippen LogP contribution in [0.15, 0.2) is 71.1 Å². The Morgan fingerprint density at radius 3 is 2.25 bits per heavy atom. The molecule has 0 unspecified atom stereocenters. The number of carbonyl (C=O) groups is 2. The first-order valence-electron chi connectivity index (χ1n) is 9.61. The fraction of sp³-hybridized carbons (Fsp3) is 0.0833. The molecule has 7 nitrogen and oxygen atoms in total. The van der Waals surface area contributed by atoms with Crippen molar-refractivity contribution in [2.75, 3.05) is 24.9 Å². The van der Waals surface area contributed by atoms with Crippen LogP contribution >= 0.6 is 0 Å². The Morgan fingerprint density at radius 2 is 1.56 bits per heavy atom. The van der Waals surface area contributed by atoms with E-state index in [0.29, 0.717) is 22.5 Å². The quantitative estimate of drug-likeness (QED) is 0.441. The van der Waals surface area contributed by atoms with Gasteiger partial charge in [-0.1, -0.05) is 18.2 Å². The van der Waals surface area contributed by atoms with Gasteiger partial charge in [-0.15, -0.1) is 0 Å². The van der Waals surface area contributed by atoms with Gasteiger partial charge in [0.25, 0.3) is 11.8 Å². The fourth-order valence-corrected chi connectivity index (χ4v) is 3.21. The van der Waals surface area contributed by atoms with Crippen molar-refractivity contribution >= 4 is 34.2 Å². The van der Waals surface area contributed by atoms with Crippen LogP contribution in [0.4, 0.5) is 15.8 Å². The van der Waals surface area contributed by atoms with E-state index >= 15 is 0 Å². The lowest BCUT2D eigenvalue weighted by molar-refractivity contribution is 0.0999. The van der Waals surface area contributed by atoms with Crippen LogP contribution in [0.25, 0.3) is 11.0 Å². The van der Waals surface area contributed by atoms with Crippen LogP contribution in [-0.4, -0.2) is 26.0 Å². The van der Waals surface area contributed by atoms with E-state index in [0.717, 1.165) is 0 Å². The first-order chi connectivity index (χ1) is 15.5. The third-order valence-corrected chi connectivity index (χ3v) is 4.74. The minimum atomic E-state index is -0.634. The zero-order chi connectivity index (χ0) is 22.7. The van der Waals surface area contributed by atoms with E-state index in [4.69, 9.17) is 13.9 Å². The Labute approximate surface area is 182 Å². The summed E-state index contributed by atoms with van der Waals surface area (Å²) in [7, 11) is 2.96. The van der Waals surface area contributed by atoms with Gasteiger partial charge < -0.3 is 24.5 Å². The first-order valence-corrected chi connectivity index (χ1v) is 9.61. The normalized spacial score (nSPS) is 10.6. The summed E-state index contributed by atoms with van der Waals surface area (Å²) in [6, 6.07) is 17.1. The highest BCUT2D eigenvalue weighted by Gasteiger charge is 2.23. The SMILES string of the molecule is COc1cc(OC)cc(C(=O)Nc2c(C(=O)Nc3cccc(F)c3)oc3ccccc23)c1. The average Bonchev–Trinajstić information content (AvgIpc) is 3.17. The Balaban J connectivity index is 1.70. The number of benzene rings is 3. The first kappa shape index (κ1) is 20.9. The maximum absolute atomic E-state index is 13.5. The summed E-state index contributed by atoms with van der Waals surface area (Å²) in [5.41, 5.74) is 1.13. The third kappa shape index (κ3) is 4.24. The van der Waals surface area contributed by atoms with Crippen molar-refractivity contribution < 1.29 is 27.9 Å². The molecule has 0 aliphatic carbocycles. The predicted octanol–water partition coefficient (Wildman–Crippen LogP) is 5.09. The molecule has 3 aromatic carbocycles. The van der Waals surface area contributed by atoms with E-state index in [2.05, 4.69) is 10.6 Å². The molecule has 2 amide bonds.